The molecule has 1 amide bonds. The molecule has 2 aliphatic rings. The summed E-state index contributed by atoms with van der Waals surface area (Å²) in [7, 11) is 0. The van der Waals surface area contributed by atoms with Crippen LogP contribution in [0.3, 0.4) is 0 Å². The van der Waals surface area contributed by atoms with Gasteiger partial charge in [0.1, 0.15) is 11.5 Å². The SMILES string of the molecule is O=C(N1CCc2oc(CCc3cccnc3)nc2C1)C1(CO)CNC1. The van der Waals surface area contributed by atoms with E-state index in [1.54, 1.807) is 11.1 Å². The second-order valence-corrected chi connectivity index (χ2v) is 6.86. The highest BCUT2D eigenvalue weighted by molar-refractivity contribution is 5.84. The van der Waals surface area contributed by atoms with E-state index in [0.29, 0.717) is 38.5 Å². The quantitative estimate of drug-likeness (QED) is 0.813. The van der Waals surface area contributed by atoms with Gasteiger partial charge >= 0.3 is 0 Å². The van der Waals surface area contributed by atoms with Crippen molar-refractivity contribution in [1.82, 2.24) is 20.2 Å². The molecule has 1 fully saturated rings. The number of oxazole rings is 1. The van der Waals surface area contributed by atoms with Crippen LogP contribution in [-0.4, -0.2) is 52.1 Å². The van der Waals surface area contributed by atoms with Gasteiger partial charge in [-0.2, -0.15) is 0 Å². The first-order valence-corrected chi connectivity index (χ1v) is 8.67. The molecule has 2 N–H and O–H groups in total. The second-order valence-electron chi connectivity index (χ2n) is 6.86. The van der Waals surface area contributed by atoms with E-state index in [1.165, 1.54) is 0 Å². The Morgan fingerprint density at radius 1 is 1.40 bits per heavy atom. The van der Waals surface area contributed by atoms with Crippen LogP contribution in [0.25, 0.3) is 0 Å². The van der Waals surface area contributed by atoms with Crippen molar-refractivity contribution in [3.63, 3.8) is 0 Å². The van der Waals surface area contributed by atoms with Crippen molar-refractivity contribution in [2.75, 3.05) is 26.2 Å². The molecule has 0 atom stereocenters. The summed E-state index contributed by atoms with van der Waals surface area (Å²) >= 11 is 0. The first-order chi connectivity index (χ1) is 12.2. The number of hydrogen-bond donors (Lipinski definition) is 2. The Bertz CT molecular complexity index is 749. The zero-order valence-electron chi connectivity index (χ0n) is 14.1. The van der Waals surface area contributed by atoms with E-state index in [2.05, 4.69) is 15.3 Å². The Balaban J connectivity index is 1.41. The summed E-state index contributed by atoms with van der Waals surface area (Å²) in [4.78, 5) is 23.2. The lowest BCUT2D eigenvalue weighted by Gasteiger charge is -2.43. The van der Waals surface area contributed by atoms with Gasteiger partial charge < -0.3 is 19.7 Å². The van der Waals surface area contributed by atoms with E-state index in [4.69, 9.17) is 4.42 Å². The van der Waals surface area contributed by atoms with Gasteiger partial charge in [-0.1, -0.05) is 6.07 Å². The van der Waals surface area contributed by atoms with Gasteiger partial charge in [0, 0.05) is 44.9 Å². The number of aliphatic hydroxyl groups is 1. The number of amides is 1. The lowest BCUT2D eigenvalue weighted by molar-refractivity contribution is -0.149. The molecule has 0 spiro atoms. The maximum absolute atomic E-state index is 12.7. The number of nitrogens with zero attached hydrogens (tertiary/aromatic N) is 3. The summed E-state index contributed by atoms with van der Waals surface area (Å²) in [5.74, 6) is 1.61. The smallest absolute Gasteiger partial charge is 0.234 e. The summed E-state index contributed by atoms with van der Waals surface area (Å²) in [5.41, 5.74) is 1.35. The molecule has 0 saturated carbocycles. The summed E-state index contributed by atoms with van der Waals surface area (Å²) in [6.45, 7) is 2.05. The normalized spacial score (nSPS) is 18.5. The average Bonchev–Trinajstić information content (AvgIpc) is 3.02. The van der Waals surface area contributed by atoms with Gasteiger partial charge in [-0.15, -0.1) is 0 Å². The van der Waals surface area contributed by atoms with Crippen LogP contribution in [0.5, 0.6) is 0 Å². The molecule has 0 aromatic carbocycles. The Morgan fingerprint density at radius 3 is 2.96 bits per heavy atom. The van der Waals surface area contributed by atoms with Crippen molar-refractivity contribution in [2.45, 2.75) is 25.8 Å². The molecule has 2 aromatic rings. The molecule has 0 bridgehead atoms. The Hall–Kier alpha value is -2.25. The maximum atomic E-state index is 12.7. The van der Waals surface area contributed by atoms with E-state index in [1.807, 2.05) is 18.3 Å². The van der Waals surface area contributed by atoms with Gasteiger partial charge in [-0.25, -0.2) is 4.98 Å². The highest BCUT2D eigenvalue weighted by atomic mass is 16.4. The van der Waals surface area contributed by atoms with Gasteiger partial charge in [-0.3, -0.25) is 9.78 Å². The van der Waals surface area contributed by atoms with Gasteiger partial charge in [0.05, 0.1) is 18.6 Å². The topological polar surface area (TPSA) is 91.5 Å². The van der Waals surface area contributed by atoms with Gasteiger partial charge in [0.2, 0.25) is 5.91 Å². The Morgan fingerprint density at radius 2 is 2.28 bits per heavy atom. The first-order valence-electron chi connectivity index (χ1n) is 8.67. The lowest BCUT2D eigenvalue weighted by Crippen LogP contribution is -2.64. The molecule has 4 heterocycles. The third-order valence-electron chi connectivity index (χ3n) is 5.09. The molecule has 7 nitrogen and oxygen atoms in total. The molecule has 0 radical (unpaired) electrons. The number of carbonyl (C=O) groups excluding carboxylic acids is 1. The highest BCUT2D eigenvalue weighted by Crippen LogP contribution is 2.28. The van der Waals surface area contributed by atoms with E-state index in [0.717, 1.165) is 29.9 Å². The van der Waals surface area contributed by atoms with Crippen LogP contribution in [0.15, 0.2) is 28.9 Å². The van der Waals surface area contributed by atoms with Crippen molar-refractivity contribution in [3.05, 3.63) is 47.4 Å². The maximum Gasteiger partial charge on any atom is 0.234 e. The van der Waals surface area contributed by atoms with Gasteiger partial charge in [0.15, 0.2) is 5.89 Å². The molecule has 1 saturated heterocycles. The van der Waals surface area contributed by atoms with Crippen molar-refractivity contribution in [3.8, 4) is 0 Å². The largest absolute Gasteiger partial charge is 0.445 e. The number of fused-ring (bicyclic) bond motifs is 1. The lowest BCUT2D eigenvalue weighted by atomic mass is 9.81. The number of rotatable bonds is 5. The Labute approximate surface area is 146 Å². The number of aromatic nitrogens is 2. The van der Waals surface area contributed by atoms with E-state index in [9.17, 15) is 9.90 Å². The van der Waals surface area contributed by atoms with Crippen LogP contribution >= 0.6 is 0 Å². The van der Waals surface area contributed by atoms with Crippen LogP contribution < -0.4 is 5.32 Å². The van der Waals surface area contributed by atoms with Gasteiger partial charge in [-0.05, 0) is 18.1 Å². The molecule has 2 aliphatic heterocycles. The third kappa shape index (κ3) is 3.05. The molecule has 7 heteroatoms. The van der Waals surface area contributed by atoms with E-state index in [-0.39, 0.29) is 12.5 Å². The van der Waals surface area contributed by atoms with Crippen molar-refractivity contribution < 1.29 is 14.3 Å². The van der Waals surface area contributed by atoms with Crippen LogP contribution in [0.1, 0.15) is 22.9 Å². The number of aliphatic hydroxyl groups excluding tert-OH is 1. The molecule has 25 heavy (non-hydrogen) atoms. The molecular formula is C18H22N4O3. The Kier molecular flexibility index (Phi) is 4.27. The standard InChI is InChI=1S/C18H22N4O3/c23-12-18(10-20-11-18)17(24)22-7-5-15-14(9-22)21-16(25-15)4-3-13-2-1-6-19-8-13/h1-2,6,8,20,23H,3-5,7,9-12H2. The average molecular weight is 342 g/mol. The minimum Gasteiger partial charge on any atom is -0.445 e. The summed E-state index contributed by atoms with van der Waals surface area (Å²) < 4.78 is 5.88. The molecule has 2 aromatic heterocycles. The highest BCUT2D eigenvalue weighted by Gasteiger charge is 2.46. The fourth-order valence-electron chi connectivity index (χ4n) is 3.42. The predicted octanol–water partition coefficient (Wildman–Crippen LogP) is 0.321. The number of hydrogen-bond acceptors (Lipinski definition) is 6. The van der Waals surface area contributed by atoms with Crippen LogP contribution in [0.2, 0.25) is 0 Å². The summed E-state index contributed by atoms with van der Waals surface area (Å²) in [6.07, 6.45) is 5.84. The molecule has 132 valence electrons. The summed E-state index contributed by atoms with van der Waals surface area (Å²) in [6, 6.07) is 3.96. The molecular weight excluding hydrogens is 320 g/mol. The van der Waals surface area contributed by atoms with Gasteiger partial charge in [0.25, 0.3) is 0 Å². The predicted molar refractivity (Wildman–Crippen MR) is 89.7 cm³/mol. The second kappa shape index (κ2) is 6.57. The van der Waals surface area contributed by atoms with E-state index < -0.39 is 5.41 Å². The van der Waals surface area contributed by atoms with Crippen molar-refractivity contribution in [2.24, 2.45) is 5.41 Å². The van der Waals surface area contributed by atoms with Crippen molar-refractivity contribution >= 4 is 5.91 Å². The van der Waals surface area contributed by atoms with Crippen LogP contribution in [0.4, 0.5) is 0 Å². The minimum absolute atomic E-state index is 0.0132. The summed E-state index contributed by atoms with van der Waals surface area (Å²) in [5, 5.41) is 12.7. The number of nitrogens with one attached hydrogen (secondary N) is 1. The zero-order chi connectivity index (χ0) is 17.3. The molecule has 4 rings (SSSR count). The minimum atomic E-state index is -0.648. The molecule has 0 unspecified atom stereocenters. The molecule has 0 aliphatic carbocycles. The fraction of sp³-hybridized carbons (Fsp3) is 0.500. The third-order valence-corrected chi connectivity index (χ3v) is 5.09. The first kappa shape index (κ1) is 16.2. The fourth-order valence-corrected chi connectivity index (χ4v) is 3.42. The monoisotopic (exact) mass is 342 g/mol. The van der Waals surface area contributed by atoms with Crippen molar-refractivity contribution in [1.29, 1.82) is 0 Å². The van der Waals surface area contributed by atoms with Crippen LogP contribution in [-0.2, 0) is 30.6 Å². The van der Waals surface area contributed by atoms with E-state index >= 15 is 0 Å². The zero-order valence-corrected chi connectivity index (χ0v) is 14.1. The number of pyridine rings is 1. The van der Waals surface area contributed by atoms with Crippen LogP contribution in [0, 0.1) is 5.41 Å². The number of aryl methyl sites for hydroxylation is 2. The number of carbonyl (C=O) groups is 1.